The van der Waals surface area contributed by atoms with Gasteiger partial charge in [0.1, 0.15) is 5.76 Å². The van der Waals surface area contributed by atoms with Gasteiger partial charge in [0.15, 0.2) is 5.16 Å². The van der Waals surface area contributed by atoms with Crippen LogP contribution >= 0.6 is 11.8 Å². The van der Waals surface area contributed by atoms with Gasteiger partial charge >= 0.3 is 5.97 Å². The summed E-state index contributed by atoms with van der Waals surface area (Å²) in [7, 11) is 1.31. The number of aromatic nitrogens is 2. The van der Waals surface area contributed by atoms with Crippen LogP contribution in [0.1, 0.15) is 26.5 Å². The molecular weight excluding hydrogens is 468 g/mol. The van der Waals surface area contributed by atoms with Crippen molar-refractivity contribution in [3.63, 3.8) is 0 Å². The van der Waals surface area contributed by atoms with Gasteiger partial charge in [-0.05, 0) is 60.7 Å². The minimum atomic E-state index is -0.437. The fraction of sp³-hybridized carbons (Fsp3) is 0.120. The number of esters is 1. The number of nitrogens with one attached hydrogen (secondary N) is 2. The highest BCUT2D eigenvalue weighted by molar-refractivity contribution is 7.99. The lowest BCUT2D eigenvalue weighted by Gasteiger charge is -2.09. The van der Waals surface area contributed by atoms with E-state index >= 15 is 0 Å². The van der Waals surface area contributed by atoms with E-state index in [0.717, 1.165) is 5.69 Å². The van der Waals surface area contributed by atoms with Gasteiger partial charge in [-0.25, -0.2) is 9.78 Å². The van der Waals surface area contributed by atoms with Crippen LogP contribution in [0.2, 0.25) is 0 Å². The van der Waals surface area contributed by atoms with Crippen molar-refractivity contribution in [1.82, 2.24) is 14.9 Å². The summed E-state index contributed by atoms with van der Waals surface area (Å²) in [5, 5.41) is 6.23. The lowest BCUT2D eigenvalue weighted by atomic mass is 10.2. The predicted molar refractivity (Wildman–Crippen MR) is 131 cm³/mol. The molecule has 35 heavy (non-hydrogen) atoms. The first kappa shape index (κ1) is 23.8. The van der Waals surface area contributed by atoms with Crippen LogP contribution in [-0.4, -0.2) is 40.2 Å². The zero-order valence-corrected chi connectivity index (χ0v) is 19.6. The zero-order chi connectivity index (χ0) is 24.6. The summed E-state index contributed by atoms with van der Waals surface area (Å²) in [6.07, 6.45) is 5.00. The van der Waals surface area contributed by atoms with E-state index in [-0.39, 0.29) is 17.6 Å². The van der Waals surface area contributed by atoms with E-state index in [2.05, 4.69) is 20.4 Å². The minimum Gasteiger partial charge on any atom is -0.467 e. The Bertz CT molecular complexity index is 1300. The number of nitrogens with zero attached hydrogens (tertiary/aromatic N) is 2. The van der Waals surface area contributed by atoms with Crippen molar-refractivity contribution < 1.29 is 23.5 Å². The number of furan rings is 1. The normalized spacial score (nSPS) is 10.5. The number of carbonyl (C=O) groups is 3. The number of rotatable bonds is 9. The monoisotopic (exact) mass is 490 g/mol. The molecular formula is C25H22N4O5S. The number of methoxy groups -OCH3 is 1. The maximum absolute atomic E-state index is 12.4. The van der Waals surface area contributed by atoms with Crippen molar-refractivity contribution in [2.75, 3.05) is 18.2 Å². The van der Waals surface area contributed by atoms with Crippen molar-refractivity contribution in [2.45, 2.75) is 11.7 Å². The number of imidazole rings is 1. The molecule has 0 radical (unpaired) electrons. The van der Waals surface area contributed by atoms with Crippen LogP contribution in [0.25, 0.3) is 5.69 Å². The second-order valence-electron chi connectivity index (χ2n) is 7.29. The SMILES string of the molecule is COC(=O)c1ccc(NC(=O)CSc2nccn2-c2ccc(C(=O)NCc3ccco3)cc2)cc1. The van der Waals surface area contributed by atoms with Gasteiger partial charge < -0.3 is 19.8 Å². The quantitative estimate of drug-likeness (QED) is 0.270. The molecule has 0 aliphatic rings. The third kappa shape index (κ3) is 6.18. The highest BCUT2D eigenvalue weighted by Gasteiger charge is 2.12. The molecule has 4 aromatic rings. The number of hydrogen-bond donors (Lipinski definition) is 2. The molecule has 4 rings (SSSR count). The first-order chi connectivity index (χ1) is 17.0. The number of carbonyl (C=O) groups excluding carboxylic acids is 3. The number of hydrogen-bond acceptors (Lipinski definition) is 7. The third-order valence-corrected chi connectivity index (χ3v) is 5.91. The number of thioether (sulfide) groups is 1. The van der Waals surface area contributed by atoms with Crippen molar-refractivity contribution >= 4 is 35.2 Å². The van der Waals surface area contributed by atoms with Crippen LogP contribution in [0.5, 0.6) is 0 Å². The molecule has 0 unspecified atom stereocenters. The highest BCUT2D eigenvalue weighted by Crippen LogP contribution is 2.21. The Hall–Kier alpha value is -4.31. The Labute approximate surface area is 205 Å². The van der Waals surface area contributed by atoms with Gasteiger partial charge in [0, 0.05) is 29.3 Å². The number of anilines is 1. The van der Waals surface area contributed by atoms with Crippen LogP contribution < -0.4 is 10.6 Å². The molecule has 0 atom stereocenters. The lowest BCUT2D eigenvalue weighted by molar-refractivity contribution is -0.113. The van der Waals surface area contributed by atoms with Gasteiger partial charge in [-0.3, -0.25) is 14.2 Å². The van der Waals surface area contributed by atoms with Crippen molar-refractivity contribution in [3.05, 3.63) is 96.2 Å². The number of benzene rings is 2. The Morgan fingerprint density at radius 3 is 2.46 bits per heavy atom. The van der Waals surface area contributed by atoms with Gasteiger partial charge in [0.2, 0.25) is 5.91 Å². The molecule has 178 valence electrons. The van der Waals surface area contributed by atoms with Gasteiger partial charge in [-0.2, -0.15) is 0 Å². The van der Waals surface area contributed by atoms with Crippen LogP contribution in [0.3, 0.4) is 0 Å². The summed E-state index contributed by atoms with van der Waals surface area (Å²) in [6, 6.07) is 17.1. The summed E-state index contributed by atoms with van der Waals surface area (Å²) in [6.45, 7) is 0.313. The largest absolute Gasteiger partial charge is 0.467 e. The van der Waals surface area contributed by atoms with E-state index in [0.29, 0.717) is 34.3 Å². The molecule has 0 saturated heterocycles. The van der Waals surface area contributed by atoms with E-state index in [4.69, 9.17) is 4.42 Å². The van der Waals surface area contributed by atoms with E-state index in [1.165, 1.54) is 18.9 Å². The van der Waals surface area contributed by atoms with Gasteiger partial charge in [0.05, 0.1) is 31.2 Å². The summed E-state index contributed by atoms with van der Waals surface area (Å²) in [4.78, 5) is 40.6. The topological polar surface area (TPSA) is 115 Å². The second kappa shape index (κ2) is 11.2. The predicted octanol–water partition coefficient (Wildman–Crippen LogP) is 3.91. The summed E-state index contributed by atoms with van der Waals surface area (Å²) in [5.41, 5.74) is 2.31. The maximum atomic E-state index is 12.4. The summed E-state index contributed by atoms with van der Waals surface area (Å²) in [5.74, 6) is -0.0308. The second-order valence-corrected chi connectivity index (χ2v) is 8.24. The van der Waals surface area contributed by atoms with Crippen LogP contribution in [-0.2, 0) is 16.1 Å². The van der Waals surface area contributed by atoms with E-state index in [1.807, 2.05) is 16.7 Å². The first-order valence-electron chi connectivity index (χ1n) is 10.6. The standard InChI is InChI=1S/C25H22N4O5S/c1-33-24(32)18-4-8-19(9-5-18)28-22(30)16-35-25-26-12-13-29(25)20-10-6-17(7-11-20)23(31)27-15-21-3-2-14-34-21/h2-14H,15-16H2,1H3,(H,27,31)(H,28,30). The van der Waals surface area contributed by atoms with Crippen molar-refractivity contribution in [1.29, 1.82) is 0 Å². The molecule has 0 fully saturated rings. The first-order valence-corrected chi connectivity index (χ1v) is 11.6. The van der Waals surface area contributed by atoms with Crippen molar-refractivity contribution in [2.24, 2.45) is 0 Å². The molecule has 0 aliphatic heterocycles. The lowest BCUT2D eigenvalue weighted by Crippen LogP contribution is -2.22. The zero-order valence-electron chi connectivity index (χ0n) is 18.8. The van der Waals surface area contributed by atoms with Crippen LogP contribution in [0.4, 0.5) is 5.69 Å². The Balaban J connectivity index is 1.32. The summed E-state index contributed by atoms with van der Waals surface area (Å²) < 4.78 is 11.7. The molecule has 2 heterocycles. The molecule has 0 aliphatic carbocycles. The molecule has 2 N–H and O–H groups in total. The fourth-order valence-corrected chi connectivity index (χ4v) is 3.96. The van der Waals surface area contributed by atoms with E-state index in [9.17, 15) is 14.4 Å². The summed E-state index contributed by atoms with van der Waals surface area (Å²) >= 11 is 1.28. The Morgan fingerprint density at radius 2 is 1.77 bits per heavy atom. The van der Waals surface area contributed by atoms with E-state index < -0.39 is 5.97 Å². The Morgan fingerprint density at radius 1 is 1.03 bits per heavy atom. The number of ether oxygens (including phenoxy) is 1. The molecule has 2 amide bonds. The average molecular weight is 491 g/mol. The molecule has 2 aromatic heterocycles. The molecule has 0 bridgehead atoms. The molecule has 10 heteroatoms. The van der Waals surface area contributed by atoms with Crippen LogP contribution in [0, 0.1) is 0 Å². The smallest absolute Gasteiger partial charge is 0.337 e. The number of amides is 2. The molecule has 2 aromatic carbocycles. The van der Waals surface area contributed by atoms with E-state index in [1.54, 1.807) is 67.2 Å². The van der Waals surface area contributed by atoms with Gasteiger partial charge in [-0.1, -0.05) is 11.8 Å². The molecule has 0 spiro atoms. The van der Waals surface area contributed by atoms with Gasteiger partial charge in [-0.15, -0.1) is 0 Å². The molecule has 9 nitrogen and oxygen atoms in total. The van der Waals surface area contributed by atoms with Gasteiger partial charge in [0.25, 0.3) is 5.91 Å². The fourth-order valence-electron chi connectivity index (χ4n) is 3.18. The molecule has 0 saturated carbocycles. The minimum absolute atomic E-state index is 0.142. The Kier molecular flexibility index (Phi) is 7.63. The highest BCUT2D eigenvalue weighted by atomic mass is 32.2. The average Bonchev–Trinajstić information content (AvgIpc) is 3.58. The third-order valence-electron chi connectivity index (χ3n) is 4.94. The van der Waals surface area contributed by atoms with Crippen molar-refractivity contribution in [3.8, 4) is 5.69 Å². The maximum Gasteiger partial charge on any atom is 0.337 e. The van der Waals surface area contributed by atoms with Crippen LogP contribution in [0.15, 0.2) is 88.9 Å².